The molecule has 0 bridgehead atoms. The minimum atomic E-state index is -0.779. The Morgan fingerprint density at radius 1 is 1.23 bits per heavy atom. The van der Waals surface area contributed by atoms with Gasteiger partial charge in [-0.25, -0.2) is 0 Å². The lowest BCUT2D eigenvalue weighted by Gasteiger charge is -2.39. The number of aromatic nitrogens is 1. The van der Waals surface area contributed by atoms with Crippen LogP contribution < -0.4 is 21.1 Å². The third kappa shape index (κ3) is 4.45. The van der Waals surface area contributed by atoms with Crippen molar-refractivity contribution in [3.8, 4) is 5.75 Å². The molecule has 4 rings (SSSR count). The Kier molecular flexibility index (Phi) is 5.75. The van der Waals surface area contributed by atoms with Crippen LogP contribution in [0.5, 0.6) is 5.75 Å². The van der Waals surface area contributed by atoms with E-state index in [1.165, 1.54) is 18.5 Å². The Labute approximate surface area is 180 Å². The van der Waals surface area contributed by atoms with Gasteiger partial charge in [0, 0.05) is 19.3 Å². The zero-order valence-corrected chi connectivity index (χ0v) is 17.3. The Hall–Kier alpha value is -3.62. The number of hydrogen-bond acceptors (Lipinski definition) is 6. The van der Waals surface area contributed by atoms with Crippen LogP contribution in [0.4, 0.5) is 11.4 Å². The van der Waals surface area contributed by atoms with E-state index in [0.29, 0.717) is 13.2 Å². The fourth-order valence-corrected chi connectivity index (χ4v) is 4.04. The molecule has 0 aliphatic carbocycles. The summed E-state index contributed by atoms with van der Waals surface area (Å²) in [5.74, 6) is -1.03. The van der Waals surface area contributed by atoms with Crippen LogP contribution in [0.2, 0.25) is 0 Å². The molecule has 2 aliphatic rings. The molecule has 2 aromatic rings. The molecule has 9 nitrogen and oxygen atoms in total. The molecule has 3 heterocycles. The van der Waals surface area contributed by atoms with E-state index >= 15 is 0 Å². The van der Waals surface area contributed by atoms with Crippen molar-refractivity contribution < 1.29 is 19.1 Å². The highest BCUT2D eigenvalue weighted by Gasteiger charge is 2.34. The summed E-state index contributed by atoms with van der Waals surface area (Å²) < 4.78 is 5.74. The third-order valence-electron chi connectivity index (χ3n) is 5.62. The van der Waals surface area contributed by atoms with Crippen LogP contribution in [0.3, 0.4) is 0 Å². The predicted molar refractivity (Wildman–Crippen MR) is 115 cm³/mol. The van der Waals surface area contributed by atoms with Crippen molar-refractivity contribution in [3.63, 3.8) is 0 Å². The summed E-state index contributed by atoms with van der Waals surface area (Å²) in [6, 6.07) is 7.04. The van der Waals surface area contributed by atoms with E-state index in [9.17, 15) is 14.4 Å². The molecule has 0 radical (unpaired) electrons. The van der Waals surface area contributed by atoms with Crippen LogP contribution in [0.1, 0.15) is 41.7 Å². The number of fused-ring (bicyclic) bond motifs is 1. The van der Waals surface area contributed by atoms with Crippen LogP contribution >= 0.6 is 0 Å². The number of piperidine rings is 1. The van der Waals surface area contributed by atoms with Crippen molar-refractivity contribution in [2.75, 3.05) is 30.3 Å². The van der Waals surface area contributed by atoms with E-state index in [0.717, 1.165) is 36.4 Å². The zero-order valence-electron chi connectivity index (χ0n) is 17.3. The number of carbonyl (C=O) groups excluding carboxylic acids is 3. The van der Waals surface area contributed by atoms with Gasteiger partial charge in [-0.05, 0) is 42.5 Å². The van der Waals surface area contributed by atoms with Crippen molar-refractivity contribution >= 4 is 29.1 Å². The number of primary amides is 1. The molecule has 0 saturated carbocycles. The number of nitrogens with two attached hydrogens (primary N) is 1. The molecule has 162 valence electrons. The van der Waals surface area contributed by atoms with Crippen molar-refractivity contribution in [3.05, 3.63) is 47.8 Å². The second-order valence-corrected chi connectivity index (χ2v) is 7.97. The largest absolute Gasteiger partial charge is 0.490 e. The molecule has 1 fully saturated rings. The molecule has 1 aromatic carbocycles. The van der Waals surface area contributed by atoms with E-state index in [-0.39, 0.29) is 23.2 Å². The van der Waals surface area contributed by atoms with Crippen LogP contribution in [0, 0.1) is 5.92 Å². The van der Waals surface area contributed by atoms with Gasteiger partial charge in [0.05, 0.1) is 29.2 Å². The number of nitrogens with zero attached hydrogens (tertiary/aromatic N) is 2. The van der Waals surface area contributed by atoms with Gasteiger partial charge in [-0.3, -0.25) is 19.4 Å². The van der Waals surface area contributed by atoms with Gasteiger partial charge >= 0.3 is 11.8 Å². The van der Waals surface area contributed by atoms with E-state index in [2.05, 4.69) is 22.5 Å². The molecule has 0 spiro atoms. The molecule has 31 heavy (non-hydrogen) atoms. The fraction of sp³-hybridized carbons (Fsp3) is 0.364. The molecule has 4 N–H and O–H groups in total. The highest BCUT2D eigenvalue weighted by atomic mass is 16.5. The number of carbonyl (C=O) groups is 3. The van der Waals surface area contributed by atoms with Crippen molar-refractivity contribution in [1.82, 2.24) is 9.88 Å². The fourth-order valence-electron chi connectivity index (χ4n) is 4.04. The standard InChI is InChI=1S/C22H25N5O4/c1-13-2-5-18(14-3-4-17-19(9-14)31-7-6-25-17)27(12-13)22(30)21(29)26-16-8-15(20(23)28)10-24-11-16/h3-4,8-11,13,18,25H,2,5-7,12H2,1H3,(H2,23,28)(H,26,29)/t13-,18+/m0/s1. The maximum atomic E-state index is 13.1. The van der Waals surface area contributed by atoms with Crippen LogP contribution in [0.25, 0.3) is 0 Å². The number of anilines is 2. The SMILES string of the molecule is C[C@H]1CC[C@H](c2ccc3c(c2)OCCN3)N(C(=O)C(=O)Nc2cncc(C(N)=O)c2)C1. The maximum Gasteiger partial charge on any atom is 0.313 e. The molecule has 3 amide bonds. The highest BCUT2D eigenvalue weighted by molar-refractivity contribution is 6.39. The minimum absolute atomic E-state index is 0.150. The molecular formula is C22H25N5O4. The number of benzene rings is 1. The quantitative estimate of drug-likeness (QED) is 0.648. The zero-order chi connectivity index (χ0) is 22.0. The van der Waals surface area contributed by atoms with Gasteiger partial charge in [0.15, 0.2) is 0 Å². The number of pyridine rings is 1. The summed E-state index contributed by atoms with van der Waals surface area (Å²) in [5, 5.41) is 5.82. The van der Waals surface area contributed by atoms with Gasteiger partial charge in [-0.2, -0.15) is 0 Å². The first-order valence-electron chi connectivity index (χ1n) is 10.3. The summed E-state index contributed by atoms with van der Waals surface area (Å²) in [7, 11) is 0. The summed E-state index contributed by atoms with van der Waals surface area (Å²) in [6.45, 7) is 3.88. The first-order chi connectivity index (χ1) is 14.9. The average Bonchev–Trinajstić information content (AvgIpc) is 2.78. The van der Waals surface area contributed by atoms with Gasteiger partial charge in [0.2, 0.25) is 5.91 Å². The van der Waals surface area contributed by atoms with Gasteiger partial charge in [0.25, 0.3) is 0 Å². The first kappa shape index (κ1) is 20.6. The average molecular weight is 423 g/mol. The Balaban J connectivity index is 1.55. The van der Waals surface area contributed by atoms with Crippen molar-refractivity contribution in [2.24, 2.45) is 11.7 Å². The van der Waals surface area contributed by atoms with Crippen LogP contribution in [-0.2, 0) is 9.59 Å². The number of ether oxygens (including phenoxy) is 1. The lowest BCUT2D eigenvalue weighted by molar-refractivity contribution is -0.146. The third-order valence-corrected chi connectivity index (χ3v) is 5.62. The second kappa shape index (κ2) is 8.63. The number of likely N-dealkylation sites (tertiary alicyclic amines) is 1. The molecule has 9 heteroatoms. The van der Waals surface area contributed by atoms with Crippen molar-refractivity contribution in [1.29, 1.82) is 0 Å². The summed E-state index contributed by atoms with van der Waals surface area (Å²) >= 11 is 0. The summed E-state index contributed by atoms with van der Waals surface area (Å²) in [5.41, 5.74) is 7.51. The van der Waals surface area contributed by atoms with E-state index in [1.807, 2.05) is 18.2 Å². The van der Waals surface area contributed by atoms with Crippen LogP contribution in [0.15, 0.2) is 36.7 Å². The van der Waals surface area contributed by atoms with Crippen LogP contribution in [-0.4, -0.2) is 47.3 Å². The number of hydrogen-bond donors (Lipinski definition) is 3. The second-order valence-electron chi connectivity index (χ2n) is 7.97. The lowest BCUT2D eigenvalue weighted by atomic mass is 9.89. The van der Waals surface area contributed by atoms with E-state index in [1.54, 1.807) is 4.90 Å². The Morgan fingerprint density at radius 3 is 2.87 bits per heavy atom. The number of amides is 3. The smallest absolute Gasteiger partial charge is 0.313 e. The van der Waals surface area contributed by atoms with Gasteiger partial charge in [-0.15, -0.1) is 0 Å². The van der Waals surface area contributed by atoms with Gasteiger partial charge < -0.3 is 26.0 Å². The molecule has 1 saturated heterocycles. The molecule has 2 atom stereocenters. The van der Waals surface area contributed by atoms with Crippen molar-refractivity contribution in [2.45, 2.75) is 25.8 Å². The van der Waals surface area contributed by atoms with E-state index in [4.69, 9.17) is 10.5 Å². The highest BCUT2D eigenvalue weighted by Crippen LogP contribution is 2.37. The number of rotatable bonds is 3. The maximum absolute atomic E-state index is 13.1. The molecule has 2 aliphatic heterocycles. The van der Waals surface area contributed by atoms with E-state index < -0.39 is 17.7 Å². The molecule has 1 aromatic heterocycles. The summed E-state index contributed by atoms with van der Waals surface area (Å²) in [4.78, 5) is 42.7. The summed E-state index contributed by atoms with van der Waals surface area (Å²) in [6.07, 6.45) is 4.37. The van der Waals surface area contributed by atoms with Gasteiger partial charge in [-0.1, -0.05) is 13.0 Å². The normalized spacial score (nSPS) is 20.1. The predicted octanol–water partition coefficient (Wildman–Crippen LogP) is 1.92. The monoisotopic (exact) mass is 423 g/mol. The Morgan fingerprint density at radius 2 is 2.06 bits per heavy atom. The first-order valence-corrected chi connectivity index (χ1v) is 10.3. The number of nitrogens with one attached hydrogen (secondary N) is 2. The Bertz CT molecular complexity index is 1020. The van der Waals surface area contributed by atoms with Gasteiger partial charge in [0.1, 0.15) is 12.4 Å². The topological polar surface area (TPSA) is 127 Å². The minimum Gasteiger partial charge on any atom is -0.490 e. The lowest BCUT2D eigenvalue weighted by Crippen LogP contribution is -2.46. The molecule has 0 unspecified atom stereocenters. The molecular weight excluding hydrogens is 398 g/mol.